The molecule has 2 aromatic rings. The molecule has 0 aliphatic heterocycles. The Balaban J connectivity index is 1.99. The van der Waals surface area contributed by atoms with E-state index in [-0.39, 0.29) is 10.8 Å². The molecule has 2 nitrogen and oxygen atoms in total. The summed E-state index contributed by atoms with van der Waals surface area (Å²) in [6, 6.07) is 12.1. The molecule has 0 fully saturated rings. The second kappa shape index (κ2) is 7.11. The Bertz CT molecular complexity index is 667. The topological polar surface area (TPSA) is 40.5 Å². The van der Waals surface area contributed by atoms with Crippen molar-refractivity contribution in [3.8, 4) is 11.5 Å². The molecule has 25 heavy (non-hydrogen) atoms. The molecule has 0 heterocycles. The fraction of sp³-hybridized carbons (Fsp3) is 0.478. The molecule has 0 aromatic heterocycles. The highest BCUT2D eigenvalue weighted by molar-refractivity contribution is 5.42. The van der Waals surface area contributed by atoms with Gasteiger partial charge in [0.2, 0.25) is 0 Å². The van der Waals surface area contributed by atoms with Gasteiger partial charge in [-0.15, -0.1) is 0 Å². The minimum absolute atomic E-state index is 0.0467. The normalized spacial score (nSPS) is 12.4. The molecule has 0 radical (unpaired) electrons. The van der Waals surface area contributed by atoms with Crippen molar-refractivity contribution in [1.29, 1.82) is 0 Å². The fourth-order valence-electron chi connectivity index (χ4n) is 3.23. The van der Waals surface area contributed by atoms with Gasteiger partial charge in [-0.25, -0.2) is 0 Å². The van der Waals surface area contributed by atoms with Crippen molar-refractivity contribution in [2.45, 2.75) is 71.6 Å². The van der Waals surface area contributed by atoms with Crippen LogP contribution in [0.2, 0.25) is 0 Å². The third-order valence-electron chi connectivity index (χ3n) is 4.67. The summed E-state index contributed by atoms with van der Waals surface area (Å²) < 4.78 is 0. The zero-order valence-electron chi connectivity index (χ0n) is 16.5. The number of aryl methyl sites for hydroxylation is 2. The van der Waals surface area contributed by atoms with Crippen molar-refractivity contribution in [2.24, 2.45) is 0 Å². The van der Waals surface area contributed by atoms with Gasteiger partial charge >= 0.3 is 0 Å². The van der Waals surface area contributed by atoms with Crippen molar-refractivity contribution in [1.82, 2.24) is 0 Å². The lowest BCUT2D eigenvalue weighted by atomic mass is 9.85. The summed E-state index contributed by atoms with van der Waals surface area (Å²) in [5.41, 5.74) is 4.18. The summed E-state index contributed by atoms with van der Waals surface area (Å²) >= 11 is 0. The van der Waals surface area contributed by atoms with E-state index >= 15 is 0 Å². The highest BCUT2D eigenvalue weighted by Crippen LogP contribution is 2.32. The first kappa shape index (κ1) is 19.4. The zero-order valence-corrected chi connectivity index (χ0v) is 16.5. The predicted molar refractivity (Wildman–Crippen MR) is 106 cm³/mol. The third-order valence-corrected chi connectivity index (χ3v) is 4.67. The van der Waals surface area contributed by atoms with E-state index in [0.717, 1.165) is 41.5 Å². The van der Waals surface area contributed by atoms with E-state index < -0.39 is 0 Å². The number of phenolic OH excluding ortho intramolecular Hbond substituents is 2. The van der Waals surface area contributed by atoms with Gasteiger partial charge in [-0.3, -0.25) is 0 Å². The molecule has 136 valence electrons. The highest BCUT2D eigenvalue weighted by atomic mass is 16.3. The van der Waals surface area contributed by atoms with Crippen LogP contribution in [0, 0.1) is 0 Å². The monoisotopic (exact) mass is 340 g/mol. The summed E-state index contributed by atoms with van der Waals surface area (Å²) in [5.74, 6) is 0.773. The van der Waals surface area contributed by atoms with E-state index in [4.69, 9.17) is 0 Å². The predicted octanol–water partition coefficient (Wildman–Crippen LogP) is 5.87. The molecule has 2 heteroatoms. The van der Waals surface area contributed by atoms with Gasteiger partial charge in [0.25, 0.3) is 0 Å². The second-order valence-electron chi connectivity index (χ2n) is 9.06. The number of hydrogen-bond acceptors (Lipinski definition) is 2. The van der Waals surface area contributed by atoms with Gasteiger partial charge in [-0.1, -0.05) is 65.8 Å². The van der Waals surface area contributed by atoms with E-state index in [1.807, 2.05) is 24.3 Å². The van der Waals surface area contributed by atoms with Gasteiger partial charge in [0.05, 0.1) is 0 Å². The van der Waals surface area contributed by atoms with Crippen LogP contribution >= 0.6 is 0 Å². The Labute approximate surface area is 152 Å². The van der Waals surface area contributed by atoms with Crippen molar-refractivity contribution < 1.29 is 10.2 Å². The Hall–Kier alpha value is -1.96. The quantitative estimate of drug-likeness (QED) is 0.731. The van der Waals surface area contributed by atoms with Crippen LogP contribution in [0.15, 0.2) is 36.4 Å². The molecule has 0 spiro atoms. The molecule has 0 atom stereocenters. The van der Waals surface area contributed by atoms with Gasteiger partial charge in [0, 0.05) is 0 Å². The highest BCUT2D eigenvalue weighted by Gasteiger charge is 2.19. The molecule has 2 aromatic carbocycles. The van der Waals surface area contributed by atoms with Crippen LogP contribution in [0.5, 0.6) is 11.5 Å². The van der Waals surface area contributed by atoms with Gasteiger partial charge < -0.3 is 10.2 Å². The summed E-state index contributed by atoms with van der Waals surface area (Å²) in [6.07, 6.45) is 2.82. The van der Waals surface area contributed by atoms with E-state index in [2.05, 4.69) is 53.7 Å². The Morgan fingerprint density at radius 2 is 1.00 bits per heavy atom. The summed E-state index contributed by atoms with van der Waals surface area (Å²) in [6.45, 7) is 12.6. The third kappa shape index (κ3) is 5.01. The van der Waals surface area contributed by atoms with Crippen molar-refractivity contribution in [3.63, 3.8) is 0 Å². The average Bonchev–Trinajstić information content (AvgIpc) is 2.44. The number of rotatable bonds is 4. The lowest BCUT2D eigenvalue weighted by molar-refractivity contribution is 0.445. The maximum absolute atomic E-state index is 10.3. The summed E-state index contributed by atoms with van der Waals surface area (Å²) in [4.78, 5) is 0. The Morgan fingerprint density at radius 3 is 1.28 bits per heavy atom. The maximum Gasteiger partial charge on any atom is 0.119 e. The molecule has 0 saturated carbocycles. The molecular formula is C23H32O2. The molecule has 0 aliphatic carbocycles. The van der Waals surface area contributed by atoms with Gasteiger partial charge in [0.1, 0.15) is 11.5 Å². The SMILES string of the molecule is CC(C)(C)c1ccc(CCCc2ccc(C(C)(C)C)c(O)c2)cc1O. The molecule has 0 unspecified atom stereocenters. The maximum atomic E-state index is 10.3. The largest absolute Gasteiger partial charge is 0.508 e. The van der Waals surface area contributed by atoms with Crippen molar-refractivity contribution in [3.05, 3.63) is 58.7 Å². The summed E-state index contributed by atoms with van der Waals surface area (Å²) in [5, 5.41) is 20.5. The number of aromatic hydroxyl groups is 2. The van der Waals surface area contributed by atoms with Crippen LogP contribution in [-0.4, -0.2) is 10.2 Å². The minimum Gasteiger partial charge on any atom is -0.508 e. The number of hydrogen-bond donors (Lipinski definition) is 2. The molecule has 0 aliphatic rings. The van der Waals surface area contributed by atoms with Crippen LogP contribution in [0.1, 0.15) is 70.2 Å². The Kier molecular flexibility index (Phi) is 5.51. The first-order valence-corrected chi connectivity index (χ1v) is 9.13. The van der Waals surface area contributed by atoms with E-state index in [9.17, 15) is 10.2 Å². The molecule has 2 N–H and O–H groups in total. The molecular weight excluding hydrogens is 308 g/mol. The molecule has 0 bridgehead atoms. The zero-order chi connectivity index (χ0) is 18.8. The van der Waals surface area contributed by atoms with Gasteiger partial charge in [0.15, 0.2) is 0 Å². The van der Waals surface area contributed by atoms with Crippen LogP contribution in [0.4, 0.5) is 0 Å². The minimum atomic E-state index is -0.0467. The number of benzene rings is 2. The Morgan fingerprint density at radius 1 is 0.640 bits per heavy atom. The van der Waals surface area contributed by atoms with E-state index in [0.29, 0.717) is 11.5 Å². The van der Waals surface area contributed by atoms with E-state index in [1.165, 1.54) is 0 Å². The van der Waals surface area contributed by atoms with Crippen LogP contribution in [0.3, 0.4) is 0 Å². The van der Waals surface area contributed by atoms with Crippen molar-refractivity contribution >= 4 is 0 Å². The lowest BCUT2D eigenvalue weighted by Crippen LogP contribution is -2.11. The van der Waals surface area contributed by atoms with Crippen LogP contribution in [0.25, 0.3) is 0 Å². The van der Waals surface area contributed by atoms with Crippen molar-refractivity contribution in [2.75, 3.05) is 0 Å². The lowest BCUT2D eigenvalue weighted by Gasteiger charge is -2.21. The molecule has 2 rings (SSSR count). The van der Waals surface area contributed by atoms with Gasteiger partial charge in [-0.2, -0.15) is 0 Å². The number of phenols is 2. The first-order valence-electron chi connectivity index (χ1n) is 9.13. The average molecular weight is 341 g/mol. The first-order chi connectivity index (χ1) is 11.5. The second-order valence-corrected chi connectivity index (χ2v) is 9.06. The summed E-state index contributed by atoms with van der Waals surface area (Å²) in [7, 11) is 0. The molecule has 0 amide bonds. The standard InChI is InChI=1S/C23H32O2/c1-22(2,3)18-12-10-16(14-20(18)24)8-7-9-17-11-13-19(21(25)15-17)23(4,5)6/h10-15,24-25H,7-9H2,1-6H3. The molecule has 0 saturated heterocycles. The fourth-order valence-corrected chi connectivity index (χ4v) is 3.23. The smallest absolute Gasteiger partial charge is 0.119 e. The van der Waals surface area contributed by atoms with Crippen LogP contribution in [-0.2, 0) is 23.7 Å². The van der Waals surface area contributed by atoms with Gasteiger partial charge in [-0.05, 0) is 64.5 Å². The van der Waals surface area contributed by atoms with E-state index in [1.54, 1.807) is 0 Å². The van der Waals surface area contributed by atoms with Crippen LogP contribution < -0.4 is 0 Å².